The molecule has 0 spiro atoms. The molecular formula is C27H36ClN5O3S. The number of piperidine rings is 1. The summed E-state index contributed by atoms with van der Waals surface area (Å²) in [5.74, 6) is 1.29. The predicted octanol–water partition coefficient (Wildman–Crippen LogP) is 4.38. The van der Waals surface area contributed by atoms with E-state index in [-0.39, 0.29) is 0 Å². The van der Waals surface area contributed by atoms with Gasteiger partial charge in [0, 0.05) is 66.7 Å². The second kappa shape index (κ2) is 11.6. The minimum atomic E-state index is -0.871. The Kier molecular flexibility index (Phi) is 8.24. The third-order valence-corrected chi connectivity index (χ3v) is 8.89. The maximum atomic E-state index is 12.2. The Labute approximate surface area is 226 Å². The largest absolute Gasteiger partial charge is 0.495 e. The molecule has 1 atom stereocenters. The van der Waals surface area contributed by atoms with E-state index >= 15 is 0 Å². The van der Waals surface area contributed by atoms with Crippen molar-refractivity contribution in [3.8, 4) is 22.8 Å². The van der Waals surface area contributed by atoms with Crippen molar-refractivity contribution in [2.24, 2.45) is 0 Å². The van der Waals surface area contributed by atoms with Crippen LogP contribution in [0.1, 0.15) is 32.1 Å². The summed E-state index contributed by atoms with van der Waals surface area (Å²) in [6, 6.07) is 8.30. The number of imidazole rings is 1. The highest BCUT2D eigenvalue weighted by Gasteiger charge is 2.31. The minimum absolute atomic E-state index is 0.329. The van der Waals surface area contributed by atoms with Gasteiger partial charge in [-0.2, -0.15) is 0 Å². The SMILES string of the molecule is COc1cc(OCCCN(C)C)c(-c2cn3ccc(N4CCC(NS(=O)C5CC5)CC4)cc3n2)cc1Cl. The molecule has 1 aromatic carbocycles. The molecule has 1 N–H and O–H groups in total. The van der Waals surface area contributed by atoms with Gasteiger partial charge >= 0.3 is 0 Å². The maximum absolute atomic E-state index is 12.2. The van der Waals surface area contributed by atoms with E-state index in [9.17, 15) is 4.21 Å². The Hall–Kier alpha value is -2.33. The standard InChI is InChI=1S/C27H36ClN5O3S/c1-31(2)10-4-14-36-25-17-26(35-3)23(28)16-22(25)24-18-33-13-9-20(15-27(33)29-24)32-11-7-19(8-12-32)30-37(34)21-5-6-21/h9,13,15-19,21,30H,4-8,10-12,14H2,1-3H3. The molecular weight excluding hydrogens is 510 g/mol. The fraction of sp³-hybridized carbons (Fsp3) is 0.519. The highest BCUT2D eigenvalue weighted by atomic mass is 35.5. The van der Waals surface area contributed by atoms with E-state index in [1.165, 1.54) is 0 Å². The van der Waals surface area contributed by atoms with Gasteiger partial charge in [0.1, 0.15) is 17.1 Å². The first-order valence-corrected chi connectivity index (χ1v) is 14.6. The smallest absolute Gasteiger partial charge is 0.141 e. The molecule has 2 fully saturated rings. The Morgan fingerprint density at radius 2 is 1.95 bits per heavy atom. The summed E-state index contributed by atoms with van der Waals surface area (Å²) in [5, 5.41) is 0.898. The van der Waals surface area contributed by atoms with Crippen LogP contribution in [0.3, 0.4) is 0 Å². The van der Waals surface area contributed by atoms with Gasteiger partial charge in [0.05, 0.1) is 35.4 Å². The molecule has 1 aliphatic carbocycles. The number of rotatable bonds is 11. The third kappa shape index (κ3) is 6.39. The van der Waals surface area contributed by atoms with Gasteiger partial charge < -0.3 is 23.7 Å². The molecule has 8 nitrogen and oxygen atoms in total. The van der Waals surface area contributed by atoms with Crippen LogP contribution in [0.5, 0.6) is 11.5 Å². The van der Waals surface area contributed by atoms with Crippen LogP contribution in [0, 0.1) is 0 Å². The van der Waals surface area contributed by atoms with Crippen molar-refractivity contribution in [2.45, 2.75) is 43.4 Å². The lowest BCUT2D eigenvalue weighted by atomic mass is 10.1. The number of fused-ring (bicyclic) bond motifs is 1. The van der Waals surface area contributed by atoms with Gasteiger partial charge in [-0.25, -0.2) is 13.9 Å². The third-order valence-electron chi connectivity index (χ3n) is 6.95. The van der Waals surface area contributed by atoms with Crippen LogP contribution in [-0.2, 0) is 11.0 Å². The molecule has 37 heavy (non-hydrogen) atoms. The lowest BCUT2D eigenvalue weighted by molar-refractivity contribution is 0.281. The monoisotopic (exact) mass is 545 g/mol. The summed E-state index contributed by atoms with van der Waals surface area (Å²) >= 11 is 6.49. The molecule has 0 amide bonds. The van der Waals surface area contributed by atoms with Crippen molar-refractivity contribution in [3.05, 3.63) is 41.7 Å². The number of hydrogen-bond donors (Lipinski definition) is 1. The summed E-state index contributed by atoms with van der Waals surface area (Å²) in [6.45, 7) is 3.40. The summed E-state index contributed by atoms with van der Waals surface area (Å²) in [5.41, 5.74) is 3.67. The number of pyridine rings is 1. The van der Waals surface area contributed by atoms with Gasteiger partial charge in [0.2, 0.25) is 0 Å². The molecule has 3 heterocycles. The molecule has 10 heteroatoms. The summed E-state index contributed by atoms with van der Waals surface area (Å²) in [4.78, 5) is 9.45. The van der Waals surface area contributed by atoms with E-state index in [4.69, 9.17) is 26.1 Å². The second-order valence-electron chi connectivity index (χ2n) is 10.1. The average Bonchev–Trinajstić information content (AvgIpc) is 3.66. The molecule has 0 radical (unpaired) electrons. The second-order valence-corrected chi connectivity index (χ2v) is 12.0. The quantitative estimate of drug-likeness (QED) is 0.361. The molecule has 1 saturated carbocycles. The summed E-state index contributed by atoms with van der Waals surface area (Å²) in [7, 11) is 4.84. The van der Waals surface area contributed by atoms with Crippen LogP contribution >= 0.6 is 11.6 Å². The Balaban J connectivity index is 1.31. The van der Waals surface area contributed by atoms with Crippen molar-refractivity contribution >= 4 is 33.9 Å². The van der Waals surface area contributed by atoms with E-state index in [0.29, 0.717) is 34.4 Å². The molecule has 3 aromatic rings. The van der Waals surface area contributed by atoms with E-state index in [1.54, 1.807) is 7.11 Å². The number of halogens is 1. The van der Waals surface area contributed by atoms with E-state index in [0.717, 1.165) is 74.3 Å². The number of ether oxygens (including phenoxy) is 2. The van der Waals surface area contributed by atoms with Crippen molar-refractivity contribution in [3.63, 3.8) is 0 Å². The van der Waals surface area contributed by atoms with E-state index in [1.807, 2.05) is 22.7 Å². The molecule has 1 unspecified atom stereocenters. The number of anilines is 1. The summed E-state index contributed by atoms with van der Waals surface area (Å²) < 4.78 is 29.2. The number of aromatic nitrogens is 2. The number of methoxy groups -OCH3 is 1. The molecule has 5 rings (SSSR count). The summed E-state index contributed by atoms with van der Waals surface area (Å²) in [6.07, 6.45) is 9.14. The topological polar surface area (TPSA) is 71.3 Å². The van der Waals surface area contributed by atoms with Crippen LogP contribution in [0.4, 0.5) is 5.69 Å². The first kappa shape index (κ1) is 26.3. The van der Waals surface area contributed by atoms with Crippen LogP contribution in [0.2, 0.25) is 5.02 Å². The van der Waals surface area contributed by atoms with E-state index < -0.39 is 11.0 Å². The normalized spacial score (nSPS) is 17.5. The zero-order chi connectivity index (χ0) is 25.9. The number of nitrogens with zero attached hydrogens (tertiary/aromatic N) is 4. The van der Waals surface area contributed by atoms with Crippen molar-refractivity contribution < 1.29 is 13.7 Å². The molecule has 200 valence electrons. The molecule has 1 saturated heterocycles. The van der Waals surface area contributed by atoms with Crippen LogP contribution < -0.4 is 19.1 Å². The zero-order valence-corrected chi connectivity index (χ0v) is 23.4. The van der Waals surface area contributed by atoms with Gasteiger partial charge in [-0.3, -0.25) is 0 Å². The Bertz CT molecular complexity index is 1250. The first-order chi connectivity index (χ1) is 17.9. The Morgan fingerprint density at radius 3 is 2.65 bits per heavy atom. The van der Waals surface area contributed by atoms with Crippen molar-refractivity contribution in [1.82, 2.24) is 19.0 Å². The number of hydrogen-bond acceptors (Lipinski definition) is 6. The van der Waals surface area contributed by atoms with Gasteiger partial charge in [0.25, 0.3) is 0 Å². The van der Waals surface area contributed by atoms with Crippen LogP contribution in [0.25, 0.3) is 16.9 Å². The maximum Gasteiger partial charge on any atom is 0.141 e. The van der Waals surface area contributed by atoms with Crippen LogP contribution in [0.15, 0.2) is 36.7 Å². The molecule has 0 bridgehead atoms. The highest BCUT2D eigenvalue weighted by molar-refractivity contribution is 7.84. The predicted molar refractivity (Wildman–Crippen MR) is 150 cm³/mol. The van der Waals surface area contributed by atoms with Crippen molar-refractivity contribution in [2.75, 3.05) is 52.3 Å². The average molecular weight is 546 g/mol. The van der Waals surface area contributed by atoms with Crippen LogP contribution in [-0.4, -0.2) is 77.2 Å². The first-order valence-electron chi connectivity index (χ1n) is 13.0. The molecule has 2 aliphatic rings. The van der Waals surface area contributed by atoms with Gasteiger partial charge in [0.15, 0.2) is 0 Å². The van der Waals surface area contributed by atoms with Gasteiger partial charge in [-0.05, 0) is 58.3 Å². The molecule has 2 aromatic heterocycles. The minimum Gasteiger partial charge on any atom is -0.495 e. The lowest BCUT2D eigenvalue weighted by Crippen LogP contribution is -2.43. The fourth-order valence-electron chi connectivity index (χ4n) is 4.67. The number of benzene rings is 1. The fourth-order valence-corrected chi connectivity index (χ4v) is 6.23. The lowest BCUT2D eigenvalue weighted by Gasteiger charge is -2.33. The van der Waals surface area contributed by atoms with Gasteiger partial charge in [-0.15, -0.1) is 0 Å². The Morgan fingerprint density at radius 1 is 1.16 bits per heavy atom. The zero-order valence-electron chi connectivity index (χ0n) is 21.8. The number of nitrogens with one attached hydrogen (secondary N) is 1. The highest BCUT2D eigenvalue weighted by Crippen LogP contribution is 2.38. The van der Waals surface area contributed by atoms with Gasteiger partial charge in [-0.1, -0.05) is 11.6 Å². The van der Waals surface area contributed by atoms with E-state index in [2.05, 4.69) is 46.9 Å². The molecule has 1 aliphatic heterocycles. The van der Waals surface area contributed by atoms with Crippen molar-refractivity contribution in [1.29, 1.82) is 0 Å².